The average molecular weight is 214 g/mol. The van der Waals surface area contributed by atoms with E-state index in [1.807, 2.05) is 6.92 Å². The highest BCUT2D eigenvalue weighted by atomic mass is 16.3. The molecule has 1 saturated heterocycles. The highest BCUT2D eigenvalue weighted by Crippen LogP contribution is 2.14. The molecule has 5 heteroatoms. The standard InChI is InChI=1S/C10H18N2O3/c1-3-4-11-10(15)7(2)12-6-8(13)5-9(12)14/h7-8,13H,3-6H2,1-2H3,(H,11,15). The molecule has 1 heterocycles. The number of aliphatic hydroxyl groups excluding tert-OH is 1. The summed E-state index contributed by atoms with van der Waals surface area (Å²) in [4.78, 5) is 24.4. The van der Waals surface area contributed by atoms with Crippen LogP contribution in [0.3, 0.4) is 0 Å². The monoisotopic (exact) mass is 214 g/mol. The first-order chi connectivity index (χ1) is 7.06. The third-order valence-electron chi connectivity index (χ3n) is 2.53. The van der Waals surface area contributed by atoms with E-state index in [4.69, 9.17) is 0 Å². The van der Waals surface area contributed by atoms with Gasteiger partial charge < -0.3 is 15.3 Å². The van der Waals surface area contributed by atoms with Crippen LogP contribution in [0.15, 0.2) is 0 Å². The van der Waals surface area contributed by atoms with Gasteiger partial charge in [0.1, 0.15) is 6.04 Å². The first-order valence-corrected chi connectivity index (χ1v) is 5.31. The Hall–Kier alpha value is -1.10. The third kappa shape index (κ3) is 2.92. The molecular formula is C10H18N2O3. The molecule has 0 radical (unpaired) electrons. The number of carbonyl (C=O) groups is 2. The Balaban J connectivity index is 2.49. The summed E-state index contributed by atoms with van der Waals surface area (Å²) in [5.41, 5.74) is 0. The van der Waals surface area contributed by atoms with Gasteiger partial charge >= 0.3 is 0 Å². The second-order valence-corrected chi connectivity index (χ2v) is 3.87. The van der Waals surface area contributed by atoms with Gasteiger partial charge in [0.25, 0.3) is 0 Å². The van der Waals surface area contributed by atoms with E-state index in [2.05, 4.69) is 5.32 Å². The van der Waals surface area contributed by atoms with Crippen molar-refractivity contribution in [1.82, 2.24) is 10.2 Å². The molecule has 2 atom stereocenters. The molecule has 0 aromatic heterocycles. The van der Waals surface area contributed by atoms with E-state index in [1.54, 1.807) is 6.92 Å². The number of likely N-dealkylation sites (tertiary alicyclic amines) is 1. The molecule has 1 aliphatic heterocycles. The van der Waals surface area contributed by atoms with Crippen LogP contribution < -0.4 is 5.32 Å². The van der Waals surface area contributed by atoms with Crippen molar-refractivity contribution in [3.05, 3.63) is 0 Å². The summed E-state index contributed by atoms with van der Waals surface area (Å²) in [5.74, 6) is -0.305. The van der Waals surface area contributed by atoms with Crippen molar-refractivity contribution in [2.45, 2.75) is 38.8 Å². The first kappa shape index (κ1) is 12.0. The molecule has 0 bridgehead atoms. The molecular weight excluding hydrogens is 196 g/mol. The summed E-state index contributed by atoms with van der Waals surface area (Å²) >= 11 is 0. The van der Waals surface area contributed by atoms with E-state index in [9.17, 15) is 14.7 Å². The summed E-state index contributed by atoms with van der Waals surface area (Å²) in [6.07, 6.45) is 0.374. The number of amides is 2. The predicted octanol–water partition coefficient (Wildman–Crippen LogP) is -0.506. The largest absolute Gasteiger partial charge is 0.391 e. The molecule has 15 heavy (non-hydrogen) atoms. The van der Waals surface area contributed by atoms with Crippen molar-refractivity contribution in [2.75, 3.05) is 13.1 Å². The number of rotatable bonds is 4. The molecule has 0 saturated carbocycles. The molecule has 2 N–H and O–H groups in total. The molecule has 5 nitrogen and oxygen atoms in total. The van der Waals surface area contributed by atoms with Gasteiger partial charge in [-0.3, -0.25) is 9.59 Å². The van der Waals surface area contributed by atoms with Gasteiger partial charge in [-0.25, -0.2) is 0 Å². The van der Waals surface area contributed by atoms with E-state index in [-0.39, 0.29) is 24.8 Å². The van der Waals surface area contributed by atoms with Crippen LogP contribution in [0.25, 0.3) is 0 Å². The van der Waals surface area contributed by atoms with Crippen LogP contribution in [0.4, 0.5) is 0 Å². The van der Waals surface area contributed by atoms with Gasteiger partial charge in [0, 0.05) is 13.1 Å². The van der Waals surface area contributed by atoms with Gasteiger partial charge in [-0.2, -0.15) is 0 Å². The molecule has 0 aromatic rings. The lowest BCUT2D eigenvalue weighted by atomic mass is 10.2. The molecule has 0 aliphatic carbocycles. The minimum atomic E-state index is -0.626. The van der Waals surface area contributed by atoms with Crippen LogP contribution in [0.5, 0.6) is 0 Å². The lowest BCUT2D eigenvalue weighted by Gasteiger charge is -2.23. The van der Waals surface area contributed by atoms with Gasteiger partial charge in [0.05, 0.1) is 12.5 Å². The van der Waals surface area contributed by atoms with Gasteiger partial charge in [-0.05, 0) is 13.3 Å². The van der Waals surface area contributed by atoms with E-state index in [1.165, 1.54) is 4.90 Å². The highest BCUT2D eigenvalue weighted by Gasteiger charge is 2.34. The second-order valence-electron chi connectivity index (χ2n) is 3.87. The fourth-order valence-corrected chi connectivity index (χ4v) is 1.62. The molecule has 1 fully saturated rings. The summed E-state index contributed by atoms with van der Waals surface area (Å²) in [6.45, 7) is 4.53. The Kier molecular flexibility index (Phi) is 4.08. The normalized spacial score (nSPS) is 23.0. The summed E-state index contributed by atoms with van der Waals surface area (Å²) in [6, 6.07) is -0.485. The van der Waals surface area contributed by atoms with E-state index >= 15 is 0 Å². The second kappa shape index (κ2) is 5.11. The fourth-order valence-electron chi connectivity index (χ4n) is 1.62. The maximum atomic E-state index is 11.6. The Morgan fingerprint density at radius 2 is 2.40 bits per heavy atom. The average Bonchev–Trinajstić information content (AvgIpc) is 2.53. The molecule has 1 aliphatic rings. The van der Waals surface area contributed by atoms with Gasteiger partial charge in [0.15, 0.2) is 0 Å². The number of aliphatic hydroxyl groups is 1. The van der Waals surface area contributed by atoms with Crippen LogP contribution in [0.1, 0.15) is 26.7 Å². The van der Waals surface area contributed by atoms with Crippen molar-refractivity contribution in [1.29, 1.82) is 0 Å². The summed E-state index contributed by atoms with van der Waals surface area (Å²) < 4.78 is 0. The van der Waals surface area contributed by atoms with Crippen molar-refractivity contribution in [2.24, 2.45) is 0 Å². The summed E-state index contributed by atoms with van der Waals surface area (Å²) in [5, 5.41) is 12.0. The number of nitrogens with zero attached hydrogens (tertiary/aromatic N) is 1. The number of carbonyl (C=O) groups excluding carboxylic acids is 2. The van der Waals surface area contributed by atoms with Crippen molar-refractivity contribution in [3.8, 4) is 0 Å². The quantitative estimate of drug-likeness (QED) is 0.662. The number of β-amino-alcohol motifs (C(OH)–C–C–N with tert-alkyl or cyclic N) is 1. The lowest BCUT2D eigenvalue weighted by molar-refractivity contribution is -0.136. The molecule has 0 spiro atoms. The smallest absolute Gasteiger partial charge is 0.242 e. The maximum Gasteiger partial charge on any atom is 0.242 e. The zero-order chi connectivity index (χ0) is 11.4. The summed E-state index contributed by atoms with van der Waals surface area (Å²) in [7, 11) is 0. The van der Waals surface area contributed by atoms with Crippen LogP contribution in [0, 0.1) is 0 Å². The van der Waals surface area contributed by atoms with Crippen LogP contribution in [0.2, 0.25) is 0 Å². The lowest BCUT2D eigenvalue weighted by Crippen LogP contribution is -2.46. The first-order valence-electron chi connectivity index (χ1n) is 5.31. The minimum Gasteiger partial charge on any atom is -0.391 e. The number of hydrogen-bond acceptors (Lipinski definition) is 3. The van der Waals surface area contributed by atoms with E-state index in [0.717, 1.165) is 6.42 Å². The highest BCUT2D eigenvalue weighted by molar-refractivity contribution is 5.88. The third-order valence-corrected chi connectivity index (χ3v) is 2.53. The van der Waals surface area contributed by atoms with Crippen LogP contribution >= 0.6 is 0 Å². The molecule has 2 amide bonds. The van der Waals surface area contributed by atoms with E-state index < -0.39 is 12.1 Å². The molecule has 86 valence electrons. The molecule has 0 aromatic carbocycles. The van der Waals surface area contributed by atoms with Crippen molar-refractivity contribution >= 4 is 11.8 Å². The zero-order valence-corrected chi connectivity index (χ0v) is 9.19. The fraction of sp³-hybridized carbons (Fsp3) is 0.800. The van der Waals surface area contributed by atoms with Crippen molar-refractivity contribution in [3.63, 3.8) is 0 Å². The van der Waals surface area contributed by atoms with Crippen LogP contribution in [-0.4, -0.2) is 47.1 Å². The van der Waals surface area contributed by atoms with Crippen molar-refractivity contribution < 1.29 is 14.7 Å². The Morgan fingerprint density at radius 3 is 2.87 bits per heavy atom. The SMILES string of the molecule is CCCNC(=O)C(C)N1CC(O)CC1=O. The number of hydrogen-bond donors (Lipinski definition) is 2. The van der Waals surface area contributed by atoms with Gasteiger partial charge in [-0.15, -0.1) is 0 Å². The Bertz CT molecular complexity index is 255. The molecule has 2 unspecified atom stereocenters. The Morgan fingerprint density at radius 1 is 1.73 bits per heavy atom. The van der Waals surface area contributed by atoms with Gasteiger partial charge in [-0.1, -0.05) is 6.92 Å². The van der Waals surface area contributed by atoms with Crippen LogP contribution in [-0.2, 0) is 9.59 Å². The Labute approximate surface area is 89.4 Å². The number of nitrogens with one attached hydrogen (secondary N) is 1. The molecule has 1 rings (SSSR count). The topological polar surface area (TPSA) is 69.6 Å². The predicted molar refractivity (Wildman–Crippen MR) is 55.1 cm³/mol. The maximum absolute atomic E-state index is 11.6. The van der Waals surface area contributed by atoms with Gasteiger partial charge in [0.2, 0.25) is 11.8 Å². The van der Waals surface area contributed by atoms with E-state index in [0.29, 0.717) is 6.54 Å². The minimum absolute atomic E-state index is 0.130. The zero-order valence-electron chi connectivity index (χ0n) is 9.19.